The Kier molecular flexibility index (Phi) is 5.90. The van der Waals surface area contributed by atoms with E-state index in [1.165, 1.54) is 22.9 Å². The summed E-state index contributed by atoms with van der Waals surface area (Å²) in [7, 11) is 0. The zero-order valence-electron chi connectivity index (χ0n) is 16.9. The topological polar surface area (TPSA) is 62.5 Å². The minimum atomic E-state index is -4.42. The van der Waals surface area contributed by atoms with E-state index in [9.17, 15) is 27.9 Å². The second kappa shape index (κ2) is 8.50. The van der Waals surface area contributed by atoms with Gasteiger partial charge < -0.3 is 14.6 Å². The molecule has 0 unspecified atom stereocenters. The van der Waals surface area contributed by atoms with E-state index >= 15 is 0 Å². The Labute approximate surface area is 187 Å². The summed E-state index contributed by atoms with van der Waals surface area (Å²) < 4.78 is 41.6. The first-order valence-corrected chi connectivity index (χ1v) is 10.5. The first-order chi connectivity index (χ1) is 15.1. The van der Waals surface area contributed by atoms with E-state index in [1.54, 1.807) is 29.2 Å². The highest BCUT2D eigenvalue weighted by Crippen LogP contribution is 2.39. The van der Waals surface area contributed by atoms with E-state index in [2.05, 4.69) is 0 Å². The van der Waals surface area contributed by atoms with Crippen LogP contribution in [0.5, 0.6) is 0 Å². The van der Waals surface area contributed by atoms with Gasteiger partial charge in [0.15, 0.2) is 0 Å². The molecule has 0 radical (unpaired) electrons. The Bertz CT molecular complexity index is 1180. The van der Waals surface area contributed by atoms with Crippen LogP contribution in [0.4, 0.5) is 13.2 Å². The third-order valence-corrected chi connectivity index (χ3v) is 6.10. The predicted octanol–water partition coefficient (Wildman–Crippen LogP) is 5.42. The lowest BCUT2D eigenvalue weighted by atomic mass is 9.86. The van der Waals surface area contributed by atoms with Crippen LogP contribution < -0.4 is 0 Å². The van der Waals surface area contributed by atoms with E-state index in [-0.39, 0.29) is 23.9 Å². The molecule has 0 atom stereocenters. The van der Waals surface area contributed by atoms with Gasteiger partial charge >= 0.3 is 12.1 Å². The zero-order chi connectivity index (χ0) is 23.0. The molecule has 5 nitrogen and oxygen atoms in total. The van der Waals surface area contributed by atoms with Crippen LogP contribution in [0, 0.1) is 0 Å². The Balaban J connectivity index is 1.56. The Morgan fingerprint density at radius 2 is 1.78 bits per heavy atom. The van der Waals surface area contributed by atoms with Gasteiger partial charge in [-0.3, -0.25) is 9.59 Å². The molecule has 1 aliphatic rings. The van der Waals surface area contributed by atoms with Crippen molar-refractivity contribution in [2.24, 2.45) is 0 Å². The van der Waals surface area contributed by atoms with E-state index < -0.39 is 17.7 Å². The number of hydrogen-bond acceptors (Lipinski definition) is 2. The third-order valence-electron chi connectivity index (χ3n) is 5.87. The van der Waals surface area contributed by atoms with Gasteiger partial charge in [0.05, 0.1) is 16.6 Å². The van der Waals surface area contributed by atoms with Gasteiger partial charge in [0.2, 0.25) is 0 Å². The molecule has 0 aliphatic carbocycles. The molecule has 2 aromatic carbocycles. The smallest absolute Gasteiger partial charge is 0.416 e. The highest BCUT2D eigenvalue weighted by Gasteiger charge is 2.36. The van der Waals surface area contributed by atoms with Crippen LogP contribution in [0.2, 0.25) is 5.02 Å². The number of hydrogen-bond donors (Lipinski definition) is 1. The summed E-state index contributed by atoms with van der Waals surface area (Å²) in [4.78, 5) is 26.0. The number of piperidine rings is 1. The number of rotatable bonds is 4. The molecule has 1 saturated heterocycles. The van der Waals surface area contributed by atoms with Crippen molar-refractivity contribution in [2.45, 2.75) is 31.5 Å². The van der Waals surface area contributed by atoms with Crippen LogP contribution in [-0.2, 0) is 17.5 Å². The number of amides is 1. The second-order valence-corrected chi connectivity index (χ2v) is 8.31. The number of carboxylic acid groups (broad SMARTS) is 1. The lowest BCUT2D eigenvalue weighted by Gasteiger charge is -2.33. The van der Waals surface area contributed by atoms with Gasteiger partial charge in [0, 0.05) is 29.7 Å². The highest BCUT2D eigenvalue weighted by atomic mass is 35.5. The second-order valence-electron chi connectivity index (χ2n) is 7.88. The van der Waals surface area contributed by atoms with Crippen molar-refractivity contribution in [1.82, 2.24) is 9.47 Å². The largest absolute Gasteiger partial charge is 0.480 e. The fourth-order valence-corrected chi connectivity index (χ4v) is 4.55. The lowest BCUT2D eigenvalue weighted by Crippen LogP contribution is -2.38. The maximum atomic E-state index is 13.4. The fraction of sp³-hybridized carbons (Fsp3) is 0.304. The van der Waals surface area contributed by atoms with Gasteiger partial charge in [0.1, 0.15) is 6.54 Å². The Morgan fingerprint density at radius 3 is 2.44 bits per heavy atom. The van der Waals surface area contributed by atoms with Crippen LogP contribution in [0.1, 0.15) is 40.2 Å². The summed E-state index contributed by atoms with van der Waals surface area (Å²) in [6, 6.07) is 10.5. The highest BCUT2D eigenvalue weighted by molar-refractivity contribution is 6.31. The number of aromatic nitrogens is 1. The van der Waals surface area contributed by atoms with Crippen molar-refractivity contribution >= 4 is 34.4 Å². The number of nitrogens with zero attached hydrogens (tertiary/aromatic N) is 2. The zero-order valence-corrected chi connectivity index (χ0v) is 17.7. The van der Waals surface area contributed by atoms with Crippen LogP contribution in [0.15, 0.2) is 48.7 Å². The van der Waals surface area contributed by atoms with Crippen LogP contribution in [-0.4, -0.2) is 39.5 Å². The number of fused-ring (bicyclic) bond motifs is 1. The molecule has 1 aliphatic heterocycles. The van der Waals surface area contributed by atoms with Crippen molar-refractivity contribution in [1.29, 1.82) is 0 Å². The number of carbonyl (C=O) groups is 2. The molecule has 1 amide bonds. The SMILES string of the molecule is O=C(O)Cn1cc(C(=O)N2CCC(c3ccccc3C(F)(F)F)CC2)c2ccc(Cl)cc21. The molecule has 1 N–H and O–H groups in total. The standard InChI is InChI=1S/C23H20ClF3N2O3/c24-15-5-6-17-18(12-29(13-21(30)31)20(17)11-15)22(32)28-9-7-14(8-10-28)16-3-1-2-4-19(16)23(25,26)27/h1-6,11-12,14H,7-10,13H2,(H,30,31). The Hall–Kier alpha value is -3.00. The van der Waals surface area contributed by atoms with Crippen molar-refractivity contribution in [2.75, 3.05) is 13.1 Å². The first-order valence-electron chi connectivity index (χ1n) is 10.1. The molecule has 0 spiro atoms. The minimum absolute atomic E-state index is 0.264. The van der Waals surface area contributed by atoms with Crippen LogP contribution in [0.25, 0.3) is 10.9 Å². The van der Waals surface area contributed by atoms with Crippen molar-refractivity contribution < 1.29 is 27.9 Å². The maximum Gasteiger partial charge on any atom is 0.416 e. The number of carboxylic acids is 1. The molecular weight excluding hydrogens is 445 g/mol. The van der Waals surface area contributed by atoms with E-state index in [0.717, 1.165) is 6.07 Å². The average Bonchev–Trinajstić information content (AvgIpc) is 3.09. The van der Waals surface area contributed by atoms with Crippen molar-refractivity contribution in [3.05, 3.63) is 70.4 Å². The molecule has 1 aromatic heterocycles. The summed E-state index contributed by atoms with van der Waals surface area (Å²) in [6.45, 7) is 0.310. The van der Waals surface area contributed by atoms with E-state index in [4.69, 9.17) is 11.6 Å². The van der Waals surface area contributed by atoms with Gasteiger partial charge in [-0.2, -0.15) is 13.2 Å². The molecule has 32 heavy (non-hydrogen) atoms. The molecular formula is C23H20ClF3N2O3. The molecule has 2 heterocycles. The Morgan fingerprint density at radius 1 is 1.09 bits per heavy atom. The number of aliphatic carboxylic acids is 1. The summed E-state index contributed by atoms with van der Waals surface area (Å²) in [6.07, 6.45) is -2.09. The molecule has 168 valence electrons. The van der Waals surface area contributed by atoms with Crippen molar-refractivity contribution in [3.63, 3.8) is 0 Å². The number of halogens is 4. The molecule has 9 heteroatoms. The minimum Gasteiger partial charge on any atom is -0.480 e. The average molecular weight is 465 g/mol. The lowest BCUT2D eigenvalue weighted by molar-refractivity contribution is -0.139. The van der Waals surface area contributed by atoms with Gasteiger partial charge in [-0.05, 0) is 42.5 Å². The van der Waals surface area contributed by atoms with Gasteiger partial charge in [-0.1, -0.05) is 35.9 Å². The monoisotopic (exact) mass is 464 g/mol. The number of likely N-dealkylation sites (tertiary alicyclic amines) is 1. The van der Waals surface area contributed by atoms with E-state index in [0.29, 0.717) is 47.4 Å². The van der Waals surface area contributed by atoms with Gasteiger partial charge in [-0.25, -0.2) is 0 Å². The molecule has 1 fully saturated rings. The summed E-state index contributed by atoms with van der Waals surface area (Å²) in [5, 5.41) is 10.2. The number of carbonyl (C=O) groups excluding carboxylic acids is 1. The predicted molar refractivity (Wildman–Crippen MR) is 114 cm³/mol. The van der Waals surface area contributed by atoms with E-state index in [1.807, 2.05) is 0 Å². The van der Waals surface area contributed by atoms with Gasteiger partial charge in [-0.15, -0.1) is 0 Å². The third kappa shape index (κ3) is 4.32. The summed E-state index contributed by atoms with van der Waals surface area (Å²) >= 11 is 6.05. The van der Waals surface area contributed by atoms with Crippen LogP contribution >= 0.6 is 11.6 Å². The maximum absolute atomic E-state index is 13.4. The van der Waals surface area contributed by atoms with Crippen molar-refractivity contribution in [3.8, 4) is 0 Å². The molecule has 0 bridgehead atoms. The van der Waals surface area contributed by atoms with Crippen LogP contribution in [0.3, 0.4) is 0 Å². The summed E-state index contributed by atoms with van der Waals surface area (Å²) in [5.74, 6) is -1.61. The molecule has 0 saturated carbocycles. The molecule has 4 rings (SSSR count). The normalized spacial score (nSPS) is 15.3. The summed E-state index contributed by atoms with van der Waals surface area (Å²) in [5.41, 5.74) is 0.530. The first kappa shape index (κ1) is 22.2. The quantitative estimate of drug-likeness (QED) is 0.561. The molecule has 3 aromatic rings. The van der Waals surface area contributed by atoms with Gasteiger partial charge in [0.25, 0.3) is 5.91 Å². The fourth-order valence-electron chi connectivity index (χ4n) is 4.39. The number of alkyl halides is 3. The number of benzene rings is 2.